The average molecular weight is 132 g/mol. The van der Waals surface area contributed by atoms with E-state index in [4.69, 9.17) is 5.11 Å². The van der Waals surface area contributed by atoms with Gasteiger partial charge in [0.05, 0.1) is 6.10 Å². The van der Waals surface area contributed by atoms with Crippen molar-refractivity contribution in [3.05, 3.63) is 0 Å². The van der Waals surface area contributed by atoms with Crippen LogP contribution in [0.4, 0.5) is 0 Å². The summed E-state index contributed by atoms with van der Waals surface area (Å²) in [5, 5.41) is 9.55. The predicted octanol–water partition coefficient (Wildman–Crippen LogP) is 1.22. The number of aliphatic hydroxyl groups excluding tert-OH is 1. The van der Waals surface area contributed by atoms with Crippen molar-refractivity contribution in [1.29, 1.82) is 0 Å². The van der Waals surface area contributed by atoms with Gasteiger partial charge in [-0.25, -0.2) is 0 Å². The summed E-state index contributed by atoms with van der Waals surface area (Å²) >= 11 is 4.29. The second-order valence-electron chi connectivity index (χ2n) is 2.46. The quantitative estimate of drug-likeness (QED) is 0.475. The molecule has 1 nitrogen and oxygen atoms in total. The molecule has 0 unspecified atom stereocenters. The van der Waals surface area contributed by atoms with Crippen molar-refractivity contribution >= 4 is 12.6 Å². The van der Waals surface area contributed by atoms with E-state index in [1.54, 1.807) is 0 Å². The van der Waals surface area contributed by atoms with E-state index >= 15 is 0 Å². The van der Waals surface area contributed by atoms with E-state index in [0.29, 0.717) is 5.25 Å². The molecule has 2 heteroatoms. The van der Waals surface area contributed by atoms with Crippen LogP contribution in [0.15, 0.2) is 0 Å². The number of hydrogen-bond donors (Lipinski definition) is 2. The van der Waals surface area contributed by atoms with Crippen LogP contribution in [0.1, 0.15) is 25.7 Å². The van der Waals surface area contributed by atoms with Crippen LogP contribution in [0.5, 0.6) is 0 Å². The molecule has 0 aliphatic heterocycles. The second-order valence-corrected chi connectivity index (χ2v) is 3.19. The molecule has 0 aromatic rings. The lowest BCUT2D eigenvalue weighted by Gasteiger charge is -2.20. The lowest BCUT2D eigenvalue weighted by Crippen LogP contribution is -2.17. The fourth-order valence-electron chi connectivity index (χ4n) is 1.06. The van der Waals surface area contributed by atoms with Gasteiger partial charge in [-0.15, -0.1) is 0 Å². The van der Waals surface area contributed by atoms with E-state index in [-0.39, 0.29) is 6.10 Å². The van der Waals surface area contributed by atoms with Crippen LogP contribution >= 0.6 is 12.6 Å². The number of thiol groups is 1. The van der Waals surface area contributed by atoms with Crippen molar-refractivity contribution in [1.82, 2.24) is 0 Å². The second kappa shape index (κ2) is 2.74. The fraction of sp³-hybridized carbons (Fsp3) is 1.00. The highest BCUT2D eigenvalue weighted by Gasteiger charge is 2.15. The van der Waals surface area contributed by atoms with E-state index in [2.05, 4.69) is 12.6 Å². The van der Waals surface area contributed by atoms with Gasteiger partial charge in [0.25, 0.3) is 0 Å². The first kappa shape index (κ1) is 6.43. The Hall–Kier alpha value is 0.310. The smallest absolute Gasteiger partial charge is 0.0541 e. The van der Waals surface area contributed by atoms with Crippen LogP contribution in [0, 0.1) is 0 Å². The zero-order valence-electron chi connectivity index (χ0n) is 4.88. The minimum atomic E-state index is -0.0293. The molecule has 1 N–H and O–H groups in total. The Kier molecular flexibility index (Phi) is 2.20. The van der Waals surface area contributed by atoms with Crippen molar-refractivity contribution in [2.75, 3.05) is 0 Å². The van der Waals surface area contributed by atoms with Gasteiger partial charge < -0.3 is 5.11 Å². The van der Waals surface area contributed by atoms with Gasteiger partial charge in [-0.1, -0.05) is 0 Å². The van der Waals surface area contributed by atoms with Gasteiger partial charge in [0.15, 0.2) is 0 Å². The van der Waals surface area contributed by atoms with Crippen LogP contribution in [-0.2, 0) is 0 Å². The molecule has 48 valence electrons. The minimum absolute atomic E-state index is 0.0293. The molecule has 1 rings (SSSR count). The molecule has 0 saturated heterocycles. The molecule has 8 heavy (non-hydrogen) atoms. The fourth-order valence-corrected chi connectivity index (χ4v) is 1.36. The first-order valence-corrected chi connectivity index (χ1v) is 3.67. The normalized spacial score (nSPS) is 39.8. The largest absolute Gasteiger partial charge is 0.393 e. The average Bonchev–Trinajstić information content (AvgIpc) is 1.77. The predicted molar refractivity (Wildman–Crippen MR) is 37.2 cm³/mol. The summed E-state index contributed by atoms with van der Waals surface area (Å²) in [5.41, 5.74) is 0. The highest BCUT2D eigenvalue weighted by molar-refractivity contribution is 7.80. The van der Waals surface area contributed by atoms with Crippen LogP contribution < -0.4 is 0 Å². The zero-order valence-corrected chi connectivity index (χ0v) is 5.77. The van der Waals surface area contributed by atoms with Crippen molar-refractivity contribution in [3.63, 3.8) is 0 Å². The van der Waals surface area contributed by atoms with Crippen LogP contribution in [-0.4, -0.2) is 16.5 Å². The van der Waals surface area contributed by atoms with E-state index < -0.39 is 0 Å². The lowest BCUT2D eigenvalue weighted by molar-refractivity contribution is 0.132. The standard InChI is InChI=1S/C6H12OS/c7-5-1-3-6(8)4-2-5/h5-8H,1-4H2/t5-,6-. The Morgan fingerprint density at radius 3 is 2.00 bits per heavy atom. The lowest BCUT2D eigenvalue weighted by atomic mass is 9.98. The summed E-state index contributed by atoms with van der Waals surface area (Å²) in [4.78, 5) is 0. The highest BCUT2D eigenvalue weighted by Crippen LogP contribution is 2.21. The summed E-state index contributed by atoms with van der Waals surface area (Å²) < 4.78 is 0. The molecule has 0 radical (unpaired) electrons. The molecule has 0 amide bonds. The third-order valence-corrected chi connectivity index (χ3v) is 2.18. The van der Waals surface area contributed by atoms with Crippen molar-refractivity contribution < 1.29 is 5.11 Å². The molecular formula is C6H12OS. The van der Waals surface area contributed by atoms with Crippen LogP contribution in [0.3, 0.4) is 0 Å². The zero-order chi connectivity index (χ0) is 5.98. The minimum Gasteiger partial charge on any atom is -0.393 e. The van der Waals surface area contributed by atoms with E-state index in [0.717, 1.165) is 25.7 Å². The van der Waals surface area contributed by atoms with E-state index in [1.807, 2.05) is 0 Å². The Morgan fingerprint density at radius 2 is 1.62 bits per heavy atom. The Morgan fingerprint density at radius 1 is 1.12 bits per heavy atom. The van der Waals surface area contributed by atoms with Gasteiger partial charge in [0.1, 0.15) is 0 Å². The Balaban J connectivity index is 2.19. The van der Waals surface area contributed by atoms with Gasteiger partial charge in [-0.2, -0.15) is 12.6 Å². The third-order valence-electron chi connectivity index (χ3n) is 1.67. The summed E-state index contributed by atoms with van der Waals surface area (Å²) in [5.74, 6) is 0. The van der Waals surface area contributed by atoms with Crippen molar-refractivity contribution in [2.24, 2.45) is 0 Å². The SMILES string of the molecule is O[C@H]1CC[C@H](S)CC1. The van der Waals surface area contributed by atoms with E-state index in [9.17, 15) is 0 Å². The first-order valence-electron chi connectivity index (χ1n) is 3.15. The highest BCUT2D eigenvalue weighted by atomic mass is 32.1. The van der Waals surface area contributed by atoms with Gasteiger partial charge in [0.2, 0.25) is 0 Å². The van der Waals surface area contributed by atoms with Gasteiger partial charge in [-0.05, 0) is 25.7 Å². The van der Waals surface area contributed by atoms with Crippen LogP contribution in [0.2, 0.25) is 0 Å². The Labute approximate surface area is 55.5 Å². The molecule has 0 aromatic heterocycles. The topological polar surface area (TPSA) is 20.2 Å². The molecule has 0 atom stereocenters. The molecule has 0 heterocycles. The molecule has 0 spiro atoms. The molecule has 1 fully saturated rings. The van der Waals surface area contributed by atoms with Crippen LogP contribution in [0.25, 0.3) is 0 Å². The monoisotopic (exact) mass is 132 g/mol. The number of hydrogen-bond acceptors (Lipinski definition) is 2. The summed E-state index contributed by atoms with van der Waals surface area (Å²) in [7, 11) is 0. The van der Waals surface area contributed by atoms with Gasteiger partial charge >= 0.3 is 0 Å². The summed E-state index contributed by atoms with van der Waals surface area (Å²) in [6.45, 7) is 0. The van der Waals surface area contributed by atoms with Gasteiger partial charge in [-0.3, -0.25) is 0 Å². The number of aliphatic hydroxyl groups is 1. The maximum Gasteiger partial charge on any atom is 0.0541 e. The maximum atomic E-state index is 8.99. The summed E-state index contributed by atoms with van der Waals surface area (Å²) in [6, 6.07) is 0. The number of rotatable bonds is 0. The molecule has 1 aliphatic carbocycles. The summed E-state index contributed by atoms with van der Waals surface area (Å²) in [6.07, 6.45) is 4.05. The van der Waals surface area contributed by atoms with Crippen molar-refractivity contribution in [3.8, 4) is 0 Å². The third kappa shape index (κ3) is 1.67. The Bertz CT molecular complexity index is 56.9. The van der Waals surface area contributed by atoms with Gasteiger partial charge in [0, 0.05) is 5.25 Å². The molecule has 0 bridgehead atoms. The van der Waals surface area contributed by atoms with Crippen molar-refractivity contribution in [2.45, 2.75) is 37.0 Å². The first-order chi connectivity index (χ1) is 3.79. The molecule has 1 saturated carbocycles. The molecule has 0 aromatic carbocycles. The molecular weight excluding hydrogens is 120 g/mol. The van der Waals surface area contributed by atoms with E-state index in [1.165, 1.54) is 0 Å². The maximum absolute atomic E-state index is 8.99. The molecule has 1 aliphatic rings.